The lowest BCUT2D eigenvalue weighted by atomic mass is 10.2. The number of hydrogen-bond donors (Lipinski definition) is 2. The third-order valence-electron chi connectivity index (χ3n) is 1.18. The lowest BCUT2D eigenvalue weighted by Gasteiger charge is -1.97. The molecule has 0 radical (unpaired) electrons. The zero-order valence-electron chi connectivity index (χ0n) is 6.53. The Labute approximate surface area is 70.6 Å². The first-order valence-electron chi connectivity index (χ1n) is 3.22. The molecule has 3 nitrogen and oxygen atoms in total. The van der Waals surface area contributed by atoms with Crippen molar-refractivity contribution in [3.63, 3.8) is 0 Å². The van der Waals surface area contributed by atoms with E-state index >= 15 is 0 Å². The van der Waals surface area contributed by atoms with Gasteiger partial charge in [-0.25, -0.2) is 0 Å². The quantitative estimate of drug-likeness (QED) is 0.493. The first kappa shape index (κ1) is 10.2. The van der Waals surface area contributed by atoms with E-state index in [4.69, 9.17) is 10.2 Å². The number of benzene rings is 1. The summed E-state index contributed by atoms with van der Waals surface area (Å²) in [6.07, 6.45) is 0.407. The Balaban J connectivity index is 0.000000561. The van der Waals surface area contributed by atoms with Crippen molar-refractivity contribution in [2.24, 2.45) is 0 Å². The van der Waals surface area contributed by atoms with Crippen molar-refractivity contribution in [3.05, 3.63) is 36.9 Å². The van der Waals surface area contributed by atoms with Gasteiger partial charge in [-0.3, -0.25) is 4.79 Å². The molecule has 1 aromatic rings. The summed E-state index contributed by atoms with van der Waals surface area (Å²) < 4.78 is 0. The van der Waals surface area contributed by atoms with Gasteiger partial charge in [-0.05, 0) is 12.1 Å². The minimum Gasteiger partial charge on any atom is -0.507 e. The molecule has 0 atom stereocenters. The van der Waals surface area contributed by atoms with E-state index in [1.54, 1.807) is 0 Å². The molecule has 0 saturated carbocycles. The van der Waals surface area contributed by atoms with E-state index < -0.39 is 0 Å². The van der Waals surface area contributed by atoms with E-state index in [1.165, 1.54) is 18.2 Å². The van der Waals surface area contributed by atoms with Crippen LogP contribution in [-0.4, -0.2) is 16.5 Å². The van der Waals surface area contributed by atoms with E-state index in [0.717, 1.165) is 0 Å². The lowest BCUT2D eigenvalue weighted by molar-refractivity contribution is 0.111. The van der Waals surface area contributed by atoms with Gasteiger partial charge in [-0.15, -0.1) is 13.2 Å². The molecule has 0 aliphatic heterocycles. The van der Waals surface area contributed by atoms with Gasteiger partial charge in [0, 0.05) is 0 Å². The zero-order valence-corrected chi connectivity index (χ0v) is 6.53. The molecule has 0 bridgehead atoms. The largest absolute Gasteiger partial charge is 0.507 e. The predicted molar refractivity (Wildman–Crippen MR) is 46.4 cm³/mol. The summed E-state index contributed by atoms with van der Waals surface area (Å²) in [4.78, 5) is 10.1. The van der Waals surface area contributed by atoms with E-state index in [2.05, 4.69) is 13.2 Å². The van der Waals surface area contributed by atoms with Crippen molar-refractivity contribution in [1.82, 2.24) is 0 Å². The highest BCUT2D eigenvalue weighted by molar-refractivity contribution is 5.83. The maximum Gasteiger partial charge on any atom is 0.157 e. The molecule has 64 valence electrons. The van der Waals surface area contributed by atoms with Crippen LogP contribution < -0.4 is 0 Å². The summed E-state index contributed by atoms with van der Waals surface area (Å²) in [5, 5.41) is 17.8. The van der Waals surface area contributed by atoms with Crippen LogP contribution >= 0.6 is 0 Å². The standard InChI is InChI=1S/C7H6O3.C2H4/c8-4-5-6(9)2-1-3-7(5)10;1-2/h1-4,9-10H;1-2H2. The Bertz CT molecular complexity index is 248. The molecule has 0 amide bonds. The van der Waals surface area contributed by atoms with Crippen molar-refractivity contribution in [2.45, 2.75) is 0 Å². The highest BCUT2D eigenvalue weighted by atomic mass is 16.3. The third kappa shape index (κ3) is 2.12. The maximum absolute atomic E-state index is 10.1. The second kappa shape index (κ2) is 4.96. The van der Waals surface area contributed by atoms with Crippen molar-refractivity contribution in [1.29, 1.82) is 0 Å². The Kier molecular flexibility index (Phi) is 4.23. The fourth-order valence-corrected chi connectivity index (χ4v) is 0.662. The number of aromatic hydroxyl groups is 2. The van der Waals surface area contributed by atoms with Crippen LogP contribution in [-0.2, 0) is 0 Å². The van der Waals surface area contributed by atoms with Crippen LogP contribution in [0.2, 0.25) is 0 Å². The van der Waals surface area contributed by atoms with Gasteiger partial charge in [0.2, 0.25) is 0 Å². The van der Waals surface area contributed by atoms with Gasteiger partial charge in [0.05, 0.1) is 5.56 Å². The van der Waals surface area contributed by atoms with Crippen LogP contribution in [0.1, 0.15) is 10.4 Å². The normalized spacial score (nSPS) is 8.00. The number of carbonyl (C=O) groups is 1. The van der Waals surface area contributed by atoms with E-state index in [-0.39, 0.29) is 17.1 Å². The highest BCUT2D eigenvalue weighted by Crippen LogP contribution is 2.23. The predicted octanol–water partition coefficient (Wildman–Crippen LogP) is 1.71. The third-order valence-corrected chi connectivity index (χ3v) is 1.18. The molecule has 3 heteroatoms. The van der Waals surface area contributed by atoms with Crippen LogP contribution in [0.15, 0.2) is 31.4 Å². The molecular formula is C9H10O3. The second-order valence-electron chi connectivity index (χ2n) is 1.83. The van der Waals surface area contributed by atoms with E-state index in [9.17, 15) is 4.79 Å². The van der Waals surface area contributed by atoms with Crippen molar-refractivity contribution in [3.8, 4) is 11.5 Å². The molecule has 0 aliphatic rings. The summed E-state index contributed by atoms with van der Waals surface area (Å²) in [7, 11) is 0. The summed E-state index contributed by atoms with van der Waals surface area (Å²) >= 11 is 0. The fraction of sp³-hybridized carbons (Fsp3) is 0. The Morgan fingerprint density at radius 1 is 1.17 bits per heavy atom. The molecule has 12 heavy (non-hydrogen) atoms. The smallest absolute Gasteiger partial charge is 0.157 e. The van der Waals surface area contributed by atoms with Crippen LogP contribution in [0, 0.1) is 0 Å². The lowest BCUT2D eigenvalue weighted by Crippen LogP contribution is -1.80. The minimum absolute atomic E-state index is 0.0671. The number of phenols is 2. The fourth-order valence-electron chi connectivity index (χ4n) is 0.662. The Morgan fingerprint density at radius 2 is 1.58 bits per heavy atom. The molecule has 0 aliphatic carbocycles. The van der Waals surface area contributed by atoms with Gasteiger partial charge in [-0.2, -0.15) is 0 Å². The van der Waals surface area contributed by atoms with Gasteiger partial charge in [0.1, 0.15) is 11.5 Å². The molecule has 0 unspecified atom stereocenters. The molecule has 0 heterocycles. The van der Waals surface area contributed by atoms with Crippen LogP contribution in [0.25, 0.3) is 0 Å². The number of phenolic OH excluding ortho intramolecular Hbond substituents is 2. The van der Waals surface area contributed by atoms with Gasteiger partial charge in [-0.1, -0.05) is 6.07 Å². The summed E-state index contributed by atoms with van der Waals surface area (Å²) in [5.41, 5.74) is -0.0671. The molecule has 2 N–H and O–H groups in total. The van der Waals surface area contributed by atoms with Crippen LogP contribution in [0.4, 0.5) is 0 Å². The number of aldehydes is 1. The SMILES string of the molecule is C=C.O=Cc1c(O)cccc1O. The number of carbonyl (C=O) groups excluding carboxylic acids is 1. The summed E-state index contributed by atoms with van der Waals surface area (Å²) in [6.45, 7) is 6.00. The first-order chi connectivity index (χ1) is 5.75. The molecule has 0 fully saturated rings. The molecular weight excluding hydrogens is 156 g/mol. The Hall–Kier alpha value is -1.77. The van der Waals surface area contributed by atoms with Gasteiger partial charge in [0.15, 0.2) is 6.29 Å². The van der Waals surface area contributed by atoms with Crippen molar-refractivity contribution in [2.75, 3.05) is 0 Å². The van der Waals surface area contributed by atoms with E-state index in [1.807, 2.05) is 0 Å². The summed E-state index contributed by atoms with van der Waals surface area (Å²) in [5.74, 6) is -0.398. The van der Waals surface area contributed by atoms with Crippen LogP contribution in [0.5, 0.6) is 11.5 Å². The number of rotatable bonds is 1. The average Bonchev–Trinajstić information content (AvgIpc) is 2.08. The summed E-state index contributed by atoms with van der Waals surface area (Å²) in [6, 6.07) is 4.13. The molecule has 1 aromatic carbocycles. The molecule has 0 saturated heterocycles. The molecule has 0 aromatic heterocycles. The highest BCUT2D eigenvalue weighted by Gasteiger charge is 2.02. The van der Waals surface area contributed by atoms with E-state index in [0.29, 0.717) is 6.29 Å². The second-order valence-corrected chi connectivity index (χ2v) is 1.83. The number of hydrogen-bond acceptors (Lipinski definition) is 3. The zero-order chi connectivity index (χ0) is 9.56. The molecule has 1 rings (SSSR count). The van der Waals surface area contributed by atoms with Crippen molar-refractivity contribution >= 4 is 6.29 Å². The first-order valence-corrected chi connectivity index (χ1v) is 3.22. The van der Waals surface area contributed by atoms with Crippen LogP contribution in [0.3, 0.4) is 0 Å². The van der Waals surface area contributed by atoms with Crippen molar-refractivity contribution < 1.29 is 15.0 Å². The Morgan fingerprint density at radius 3 is 1.83 bits per heavy atom. The monoisotopic (exact) mass is 166 g/mol. The minimum atomic E-state index is -0.199. The maximum atomic E-state index is 10.1. The van der Waals surface area contributed by atoms with Gasteiger partial charge in [0.25, 0.3) is 0 Å². The topological polar surface area (TPSA) is 57.5 Å². The molecule has 0 spiro atoms. The average molecular weight is 166 g/mol. The van der Waals surface area contributed by atoms with Gasteiger partial charge >= 0.3 is 0 Å². The van der Waals surface area contributed by atoms with Gasteiger partial charge < -0.3 is 10.2 Å².